The van der Waals surface area contributed by atoms with Gasteiger partial charge in [-0.25, -0.2) is 0 Å². The number of halogens is 1. The van der Waals surface area contributed by atoms with Gasteiger partial charge < -0.3 is 5.32 Å². The van der Waals surface area contributed by atoms with Crippen LogP contribution < -0.4 is 5.32 Å². The molecule has 1 unspecified atom stereocenters. The highest BCUT2D eigenvalue weighted by Crippen LogP contribution is 2.17. The lowest BCUT2D eigenvalue weighted by atomic mass is 10.0. The van der Waals surface area contributed by atoms with Crippen LogP contribution in [0.5, 0.6) is 0 Å². The summed E-state index contributed by atoms with van der Waals surface area (Å²) in [5, 5.41) is 11.7. The van der Waals surface area contributed by atoms with Crippen LogP contribution >= 0.6 is 15.9 Å². The number of benzene rings is 1. The molecule has 3 nitrogen and oxygen atoms in total. The first kappa shape index (κ1) is 13.7. The van der Waals surface area contributed by atoms with E-state index in [0.29, 0.717) is 11.1 Å². The Morgan fingerprint density at radius 1 is 1.53 bits per heavy atom. The van der Waals surface area contributed by atoms with Crippen LogP contribution in [-0.2, 0) is 0 Å². The maximum absolute atomic E-state index is 12.0. The summed E-state index contributed by atoms with van der Waals surface area (Å²) in [6.45, 7) is 5.86. The molecule has 1 atom stereocenters. The Morgan fingerprint density at radius 2 is 2.18 bits per heavy atom. The van der Waals surface area contributed by atoms with Gasteiger partial charge in [-0.3, -0.25) is 4.79 Å². The fourth-order valence-electron chi connectivity index (χ4n) is 1.19. The highest BCUT2D eigenvalue weighted by molar-refractivity contribution is 9.09. The van der Waals surface area contributed by atoms with E-state index in [2.05, 4.69) is 21.2 Å². The molecule has 0 spiro atoms. The highest BCUT2D eigenvalue weighted by Gasteiger charge is 2.26. The van der Waals surface area contributed by atoms with Crippen molar-refractivity contribution < 1.29 is 4.79 Å². The maximum atomic E-state index is 12.0. The summed E-state index contributed by atoms with van der Waals surface area (Å²) in [4.78, 5) is 12.1. The van der Waals surface area contributed by atoms with Crippen molar-refractivity contribution in [3.05, 3.63) is 35.4 Å². The summed E-state index contributed by atoms with van der Waals surface area (Å²) in [5.74, 6) is -0.168. The minimum atomic E-state index is -0.347. The average Bonchev–Trinajstić information content (AvgIpc) is 2.28. The summed E-state index contributed by atoms with van der Waals surface area (Å²) in [5.41, 5.74) is 0.646. The quantitative estimate of drug-likeness (QED) is 0.872. The molecule has 0 saturated heterocycles. The number of nitrogens with one attached hydrogen (secondary N) is 1. The van der Waals surface area contributed by atoms with Crippen molar-refractivity contribution in [2.24, 2.45) is 0 Å². The van der Waals surface area contributed by atoms with Crippen LogP contribution in [0.15, 0.2) is 24.3 Å². The number of hydrogen-bond acceptors (Lipinski definition) is 2. The summed E-state index contributed by atoms with van der Waals surface area (Å²) in [7, 11) is 0. The zero-order chi connectivity index (χ0) is 13.1. The molecule has 0 aromatic heterocycles. The van der Waals surface area contributed by atoms with E-state index in [1.54, 1.807) is 24.3 Å². The number of alkyl halides is 1. The van der Waals surface area contributed by atoms with E-state index in [1.807, 2.05) is 26.8 Å². The van der Waals surface area contributed by atoms with Crippen LogP contribution in [0.3, 0.4) is 0 Å². The van der Waals surface area contributed by atoms with E-state index in [0.717, 1.165) is 0 Å². The van der Waals surface area contributed by atoms with Gasteiger partial charge in [0.15, 0.2) is 0 Å². The first-order valence-electron chi connectivity index (χ1n) is 5.33. The fraction of sp³-hybridized carbons (Fsp3) is 0.385. The van der Waals surface area contributed by atoms with Crippen LogP contribution in [-0.4, -0.2) is 16.3 Å². The first-order valence-corrected chi connectivity index (χ1v) is 6.25. The zero-order valence-corrected chi connectivity index (χ0v) is 11.7. The molecule has 1 rings (SSSR count). The molecule has 0 aliphatic heterocycles. The molecule has 0 bridgehead atoms. The molecule has 0 radical (unpaired) electrons. The number of nitriles is 1. The van der Waals surface area contributed by atoms with E-state index in [9.17, 15) is 4.79 Å². The van der Waals surface area contributed by atoms with E-state index in [4.69, 9.17) is 5.26 Å². The Kier molecular flexibility index (Phi) is 4.30. The third-order valence-electron chi connectivity index (χ3n) is 2.68. The number of carbonyl (C=O) groups excluding carboxylic acids is 1. The predicted octanol–water partition coefficient (Wildman–Crippen LogP) is 2.85. The van der Waals surface area contributed by atoms with Crippen molar-refractivity contribution >= 4 is 21.8 Å². The first-order chi connectivity index (χ1) is 7.86. The summed E-state index contributed by atoms with van der Waals surface area (Å²) >= 11 is 3.46. The van der Waals surface area contributed by atoms with Gasteiger partial charge in [-0.15, -0.1) is 0 Å². The number of rotatable bonds is 3. The van der Waals surface area contributed by atoms with Crippen LogP contribution in [0.2, 0.25) is 0 Å². The molecule has 1 aromatic rings. The summed E-state index contributed by atoms with van der Waals surface area (Å²) in [6, 6.07) is 8.69. The van der Waals surface area contributed by atoms with Gasteiger partial charge in [0.05, 0.1) is 11.6 Å². The van der Waals surface area contributed by atoms with Gasteiger partial charge in [0.1, 0.15) is 0 Å². The second-order valence-corrected chi connectivity index (χ2v) is 5.86. The van der Waals surface area contributed by atoms with Crippen LogP contribution in [0, 0.1) is 11.3 Å². The highest BCUT2D eigenvalue weighted by atomic mass is 79.9. The average molecular weight is 295 g/mol. The van der Waals surface area contributed by atoms with Gasteiger partial charge in [0, 0.05) is 15.9 Å². The summed E-state index contributed by atoms with van der Waals surface area (Å²) < 4.78 is 0. The second kappa shape index (κ2) is 5.33. The molecule has 4 heteroatoms. The van der Waals surface area contributed by atoms with Crippen molar-refractivity contribution in [3.8, 4) is 6.07 Å². The van der Waals surface area contributed by atoms with Crippen molar-refractivity contribution in [2.45, 2.75) is 31.1 Å². The Morgan fingerprint density at radius 3 is 2.71 bits per heavy atom. The zero-order valence-electron chi connectivity index (χ0n) is 10.1. The van der Waals surface area contributed by atoms with Crippen molar-refractivity contribution in [1.29, 1.82) is 5.26 Å². The lowest BCUT2D eigenvalue weighted by Crippen LogP contribution is -2.48. The number of carbonyl (C=O) groups is 1. The standard InChI is InChI=1S/C13H15BrN2O/c1-9(14)13(2,3)16-12(17)11-6-4-5-10(7-11)8-15/h4-7,9H,1-3H3,(H,16,17). The molecule has 1 aromatic carbocycles. The van der Waals surface area contributed by atoms with E-state index < -0.39 is 0 Å². The molecule has 0 heterocycles. The number of hydrogen-bond donors (Lipinski definition) is 1. The topological polar surface area (TPSA) is 52.9 Å². The minimum absolute atomic E-state index is 0.151. The number of nitrogens with zero attached hydrogens (tertiary/aromatic N) is 1. The normalized spacial score (nSPS) is 12.6. The smallest absolute Gasteiger partial charge is 0.251 e. The SMILES string of the molecule is CC(Br)C(C)(C)NC(=O)c1cccc(C#N)c1. The molecule has 17 heavy (non-hydrogen) atoms. The molecule has 1 amide bonds. The van der Waals surface area contributed by atoms with E-state index in [1.165, 1.54) is 0 Å². The Balaban J connectivity index is 2.88. The lowest BCUT2D eigenvalue weighted by molar-refractivity contribution is 0.0914. The molecular formula is C13H15BrN2O. The van der Waals surface area contributed by atoms with Crippen molar-refractivity contribution in [1.82, 2.24) is 5.32 Å². The predicted molar refractivity (Wildman–Crippen MR) is 71.1 cm³/mol. The van der Waals surface area contributed by atoms with Gasteiger partial charge >= 0.3 is 0 Å². The third-order valence-corrected chi connectivity index (χ3v) is 3.83. The van der Waals surface area contributed by atoms with Crippen molar-refractivity contribution in [3.63, 3.8) is 0 Å². The third kappa shape index (κ3) is 3.57. The van der Waals surface area contributed by atoms with Crippen molar-refractivity contribution in [2.75, 3.05) is 0 Å². The van der Waals surface area contributed by atoms with Gasteiger partial charge in [-0.2, -0.15) is 5.26 Å². The Hall–Kier alpha value is -1.34. The molecular weight excluding hydrogens is 280 g/mol. The molecule has 1 N–H and O–H groups in total. The molecule has 0 saturated carbocycles. The molecule has 0 fully saturated rings. The Bertz CT molecular complexity index is 461. The van der Waals surface area contributed by atoms with Gasteiger partial charge in [0.2, 0.25) is 0 Å². The van der Waals surface area contributed by atoms with Crippen LogP contribution in [0.25, 0.3) is 0 Å². The fourth-order valence-corrected chi connectivity index (χ4v) is 1.31. The number of amides is 1. The van der Waals surface area contributed by atoms with Gasteiger partial charge in [0.25, 0.3) is 5.91 Å². The van der Waals surface area contributed by atoms with E-state index >= 15 is 0 Å². The molecule has 0 aliphatic rings. The summed E-state index contributed by atoms with van der Waals surface area (Å²) in [6.07, 6.45) is 0. The van der Waals surface area contributed by atoms with Crippen LogP contribution in [0.1, 0.15) is 36.7 Å². The molecule has 90 valence electrons. The van der Waals surface area contributed by atoms with E-state index in [-0.39, 0.29) is 16.3 Å². The lowest BCUT2D eigenvalue weighted by Gasteiger charge is -2.29. The maximum Gasteiger partial charge on any atom is 0.251 e. The second-order valence-electron chi connectivity index (χ2n) is 4.48. The monoisotopic (exact) mass is 294 g/mol. The van der Waals surface area contributed by atoms with Gasteiger partial charge in [-0.1, -0.05) is 28.9 Å². The van der Waals surface area contributed by atoms with Gasteiger partial charge in [-0.05, 0) is 32.0 Å². The van der Waals surface area contributed by atoms with Crippen LogP contribution in [0.4, 0.5) is 0 Å². The molecule has 0 aliphatic carbocycles. The minimum Gasteiger partial charge on any atom is -0.346 e. The Labute approximate surface area is 110 Å². The largest absolute Gasteiger partial charge is 0.346 e.